The number of benzene rings is 1. The Labute approximate surface area is 170 Å². The summed E-state index contributed by atoms with van der Waals surface area (Å²) < 4.78 is 0. The van der Waals surface area contributed by atoms with Gasteiger partial charge in [0, 0.05) is 18.7 Å². The SMILES string of the molecule is Cc1ccccc1C(=O)NC(CC(C)C)C(=O)NCC(C)CN1CCCCC1. The number of amides is 2. The second-order valence-corrected chi connectivity index (χ2v) is 8.68. The van der Waals surface area contributed by atoms with Gasteiger partial charge in [-0.1, -0.05) is 45.4 Å². The molecule has 2 atom stereocenters. The van der Waals surface area contributed by atoms with Crippen molar-refractivity contribution in [2.45, 2.75) is 59.4 Å². The molecule has 1 heterocycles. The highest BCUT2D eigenvalue weighted by molar-refractivity contribution is 5.98. The van der Waals surface area contributed by atoms with Gasteiger partial charge in [0.25, 0.3) is 5.91 Å². The van der Waals surface area contributed by atoms with Crippen LogP contribution in [0.4, 0.5) is 0 Å². The van der Waals surface area contributed by atoms with E-state index in [1.165, 1.54) is 32.4 Å². The number of nitrogens with zero attached hydrogens (tertiary/aromatic N) is 1. The van der Waals surface area contributed by atoms with Crippen LogP contribution in [0.15, 0.2) is 24.3 Å². The predicted molar refractivity (Wildman–Crippen MR) is 114 cm³/mol. The lowest BCUT2D eigenvalue weighted by Crippen LogP contribution is -2.49. The van der Waals surface area contributed by atoms with E-state index in [2.05, 4.69) is 36.3 Å². The maximum atomic E-state index is 12.8. The number of rotatable bonds is 9. The summed E-state index contributed by atoms with van der Waals surface area (Å²) in [5, 5.41) is 6.02. The van der Waals surface area contributed by atoms with E-state index in [4.69, 9.17) is 0 Å². The van der Waals surface area contributed by atoms with Crippen molar-refractivity contribution in [1.82, 2.24) is 15.5 Å². The summed E-state index contributed by atoms with van der Waals surface area (Å²) in [6.07, 6.45) is 4.52. The molecule has 1 aromatic carbocycles. The number of aryl methyl sites for hydroxylation is 1. The zero-order chi connectivity index (χ0) is 20.5. The monoisotopic (exact) mass is 387 g/mol. The Morgan fingerprint density at radius 3 is 2.39 bits per heavy atom. The van der Waals surface area contributed by atoms with E-state index >= 15 is 0 Å². The molecular formula is C23H37N3O2. The van der Waals surface area contributed by atoms with Crippen molar-refractivity contribution < 1.29 is 9.59 Å². The highest BCUT2D eigenvalue weighted by Crippen LogP contribution is 2.12. The third kappa shape index (κ3) is 7.27. The van der Waals surface area contributed by atoms with Gasteiger partial charge >= 0.3 is 0 Å². The summed E-state index contributed by atoms with van der Waals surface area (Å²) in [5.41, 5.74) is 1.54. The minimum absolute atomic E-state index is 0.0823. The smallest absolute Gasteiger partial charge is 0.252 e. The van der Waals surface area contributed by atoms with E-state index in [0.29, 0.717) is 30.4 Å². The van der Waals surface area contributed by atoms with Gasteiger partial charge < -0.3 is 15.5 Å². The van der Waals surface area contributed by atoms with Crippen LogP contribution in [0.1, 0.15) is 62.4 Å². The molecule has 1 aliphatic rings. The van der Waals surface area contributed by atoms with Gasteiger partial charge in [0.15, 0.2) is 0 Å². The Morgan fingerprint density at radius 2 is 1.75 bits per heavy atom. The highest BCUT2D eigenvalue weighted by Gasteiger charge is 2.23. The van der Waals surface area contributed by atoms with E-state index in [0.717, 1.165) is 12.1 Å². The summed E-state index contributed by atoms with van der Waals surface area (Å²) in [4.78, 5) is 27.9. The second kappa shape index (κ2) is 11.2. The second-order valence-electron chi connectivity index (χ2n) is 8.68. The molecule has 0 radical (unpaired) electrons. The van der Waals surface area contributed by atoms with Gasteiger partial charge in [0.05, 0.1) is 0 Å². The van der Waals surface area contributed by atoms with Crippen LogP contribution in [0.3, 0.4) is 0 Å². The topological polar surface area (TPSA) is 61.4 Å². The predicted octanol–water partition coefficient (Wildman–Crippen LogP) is 3.38. The molecule has 5 heteroatoms. The third-order valence-electron chi connectivity index (χ3n) is 5.36. The molecule has 2 amide bonds. The summed E-state index contributed by atoms with van der Waals surface area (Å²) in [6, 6.07) is 6.97. The summed E-state index contributed by atoms with van der Waals surface area (Å²) in [6.45, 7) is 12.2. The van der Waals surface area contributed by atoms with Gasteiger partial charge in [-0.2, -0.15) is 0 Å². The number of carbonyl (C=O) groups is 2. The average Bonchev–Trinajstić information content (AvgIpc) is 2.66. The van der Waals surface area contributed by atoms with Gasteiger partial charge in [0.2, 0.25) is 5.91 Å². The lowest BCUT2D eigenvalue weighted by atomic mass is 10.0. The van der Waals surface area contributed by atoms with Crippen LogP contribution in [0.2, 0.25) is 0 Å². The molecule has 2 N–H and O–H groups in total. The van der Waals surface area contributed by atoms with Crippen LogP contribution in [0.5, 0.6) is 0 Å². The standard InChI is InChI=1S/C23H37N3O2/c1-17(2)14-21(25-22(27)20-11-7-6-10-19(20)4)23(28)24-15-18(3)16-26-12-8-5-9-13-26/h6-7,10-11,17-18,21H,5,8-9,12-16H2,1-4H3,(H,24,28)(H,25,27). The number of hydrogen-bond acceptors (Lipinski definition) is 3. The van der Waals surface area contributed by atoms with Gasteiger partial charge in [-0.3, -0.25) is 9.59 Å². The van der Waals surface area contributed by atoms with Crippen molar-refractivity contribution in [3.8, 4) is 0 Å². The van der Waals surface area contributed by atoms with Crippen LogP contribution >= 0.6 is 0 Å². The molecule has 0 saturated carbocycles. The zero-order valence-corrected chi connectivity index (χ0v) is 18.0. The molecule has 0 bridgehead atoms. The van der Waals surface area contributed by atoms with E-state index in [-0.39, 0.29) is 11.8 Å². The Morgan fingerprint density at radius 1 is 1.07 bits per heavy atom. The summed E-state index contributed by atoms with van der Waals surface area (Å²) in [5.74, 6) is 0.453. The number of likely N-dealkylation sites (tertiary alicyclic amines) is 1. The number of nitrogens with one attached hydrogen (secondary N) is 2. The number of hydrogen-bond donors (Lipinski definition) is 2. The molecule has 0 aliphatic carbocycles. The normalized spacial score (nSPS) is 17.2. The first kappa shape index (κ1) is 22.4. The van der Waals surface area contributed by atoms with E-state index < -0.39 is 6.04 Å². The lowest BCUT2D eigenvalue weighted by Gasteiger charge is -2.29. The molecule has 156 valence electrons. The van der Waals surface area contributed by atoms with Crippen molar-refractivity contribution in [3.63, 3.8) is 0 Å². The van der Waals surface area contributed by atoms with E-state index in [1.807, 2.05) is 25.1 Å². The Hall–Kier alpha value is -1.88. The molecule has 1 saturated heterocycles. The maximum Gasteiger partial charge on any atom is 0.252 e. The van der Waals surface area contributed by atoms with Crippen molar-refractivity contribution in [2.75, 3.05) is 26.2 Å². The Balaban J connectivity index is 1.89. The average molecular weight is 388 g/mol. The maximum absolute atomic E-state index is 12.8. The molecule has 0 aromatic heterocycles. The van der Waals surface area contributed by atoms with Crippen molar-refractivity contribution in [1.29, 1.82) is 0 Å². The quantitative estimate of drug-likeness (QED) is 0.683. The first-order valence-electron chi connectivity index (χ1n) is 10.7. The molecule has 2 rings (SSSR count). The molecular weight excluding hydrogens is 350 g/mol. The first-order valence-corrected chi connectivity index (χ1v) is 10.7. The van der Waals surface area contributed by atoms with Crippen LogP contribution in [0.25, 0.3) is 0 Å². The van der Waals surface area contributed by atoms with Crippen LogP contribution in [-0.4, -0.2) is 48.9 Å². The van der Waals surface area contributed by atoms with Crippen LogP contribution < -0.4 is 10.6 Å². The summed E-state index contributed by atoms with van der Waals surface area (Å²) in [7, 11) is 0. The fourth-order valence-electron chi connectivity index (χ4n) is 3.81. The van der Waals surface area contributed by atoms with Crippen molar-refractivity contribution in [3.05, 3.63) is 35.4 Å². The van der Waals surface area contributed by atoms with E-state index in [9.17, 15) is 9.59 Å². The zero-order valence-electron chi connectivity index (χ0n) is 18.0. The first-order chi connectivity index (χ1) is 13.4. The number of piperidine rings is 1. The fourth-order valence-corrected chi connectivity index (χ4v) is 3.81. The Kier molecular flexibility index (Phi) is 8.97. The van der Waals surface area contributed by atoms with Gasteiger partial charge in [-0.25, -0.2) is 0 Å². The largest absolute Gasteiger partial charge is 0.354 e. The molecule has 28 heavy (non-hydrogen) atoms. The third-order valence-corrected chi connectivity index (χ3v) is 5.36. The van der Waals surface area contributed by atoms with Gasteiger partial charge in [0.1, 0.15) is 6.04 Å². The van der Waals surface area contributed by atoms with Crippen LogP contribution in [0, 0.1) is 18.8 Å². The molecule has 2 unspecified atom stereocenters. The molecule has 1 fully saturated rings. The van der Waals surface area contributed by atoms with Crippen LogP contribution in [-0.2, 0) is 4.79 Å². The molecule has 0 spiro atoms. The highest BCUT2D eigenvalue weighted by atomic mass is 16.2. The molecule has 5 nitrogen and oxygen atoms in total. The molecule has 1 aliphatic heterocycles. The van der Waals surface area contributed by atoms with E-state index in [1.54, 1.807) is 6.07 Å². The lowest BCUT2D eigenvalue weighted by molar-refractivity contribution is -0.123. The minimum atomic E-state index is -0.505. The number of carbonyl (C=O) groups excluding carboxylic acids is 2. The van der Waals surface area contributed by atoms with Crippen molar-refractivity contribution >= 4 is 11.8 Å². The molecule has 1 aromatic rings. The minimum Gasteiger partial charge on any atom is -0.354 e. The van der Waals surface area contributed by atoms with Crippen molar-refractivity contribution in [2.24, 2.45) is 11.8 Å². The fraction of sp³-hybridized carbons (Fsp3) is 0.652. The summed E-state index contributed by atoms with van der Waals surface area (Å²) >= 11 is 0. The van der Waals surface area contributed by atoms with Gasteiger partial charge in [-0.15, -0.1) is 0 Å². The Bertz CT molecular complexity index is 638. The van der Waals surface area contributed by atoms with Gasteiger partial charge in [-0.05, 0) is 62.7 Å².